The number of aliphatic hydroxyl groups excluding tert-OH is 3. The van der Waals surface area contributed by atoms with Crippen LogP contribution in [0.3, 0.4) is 0 Å². The Morgan fingerprint density at radius 3 is 0.861 bits per heavy atom. The van der Waals surface area contributed by atoms with Crippen molar-refractivity contribution in [2.75, 3.05) is 0 Å². The van der Waals surface area contributed by atoms with Crippen LogP contribution in [0.15, 0.2) is 34.9 Å². The van der Waals surface area contributed by atoms with Crippen LogP contribution in [-0.4, -0.2) is 33.6 Å². The highest BCUT2D eigenvalue weighted by Gasteiger charge is 2.18. The Morgan fingerprint density at radius 1 is 0.472 bits per heavy atom. The summed E-state index contributed by atoms with van der Waals surface area (Å²) in [5, 5.41) is 28.3. The quantitative estimate of drug-likeness (QED) is 0.289. The number of aliphatic hydroxyl groups is 3. The molecular weight excluding hydrogens is 444 g/mol. The molecule has 3 nitrogen and oxygen atoms in total. The zero-order valence-corrected chi connectivity index (χ0v) is 25.3. The third-order valence-corrected chi connectivity index (χ3v) is 6.51. The van der Waals surface area contributed by atoms with E-state index in [1.165, 1.54) is 36.0 Å². The minimum Gasteiger partial charge on any atom is -0.393 e. The van der Waals surface area contributed by atoms with E-state index < -0.39 is 0 Å². The highest BCUT2D eigenvalue weighted by molar-refractivity contribution is 5.11. The molecule has 0 radical (unpaired) electrons. The summed E-state index contributed by atoms with van der Waals surface area (Å²) >= 11 is 0. The third-order valence-electron chi connectivity index (χ3n) is 6.51. The number of rotatable bonds is 0. The summed E-state index contributed by atoms with van der Waals surface area (Å²) in [7, 11) is 0. The highest BCUT2D eigenvalue weighted by atomic mass is 16.3. The molecule has 0 aliphatic heterocycles. The molecule has 0 amide bonds. The van der Waals surface area contributed by atoms with Crippen LogP contribution in [0.25, 0.3) is 0 Å². The first-order valence-electron chi connectivity index (χ1n) is 14.6. The van der Waals surface area contributed by atoms with E-state index >= 15 is 0 Å². The molecule has 3 heteroatoms. The van der Waals surface area contributed by atoms with E-state index in [4.69, 9.17) is 0 Å². The second-order valence-electron chi connectivity index (χ2n) is 14.8. The lowest BCUT2D eigenvalue weighted by molar-refractivity contribution is 0.148. The SMILES string of the molecule is CC(C)(C)/C=C1/CCC[C@@H](O)C1.CC(C)(C)/C=C1\CCC[C@@H](O)C1.CC(C)(C)/C=C1\CCC[C@H](O)C1. The first kappa shape index (κ1) is 33.1. The predicted octanol–water partition coefficient (Wildman–Crippen LogP) is 8.68. The highest BCUT2D eigenvalue weighted by Crippen LogP contribution is 2.30. The summed E-state index contributed by atoms with van der Waals surface area (Å²) < 4.78 is 0. The van der Waals surface area contributed by atoms with Crippen LogP contribution in [0.5, 0.6) is 0 Å². The van der Waals surface area contributed by atoms with Crippen molar-refractivity contribution < 1.29 is 15.3 Å². The molecule has 3 saturated carbocycles. The van der Waals surface area contributed by atoms with Gasteiger partial charge in [-0.05, 0) is 93.3 Å². The lowest BCUT2D eigenvalue weighted by atomic mass is 9.86. The molecular formula is C33H60O3. The van der Waals surface area contributed by atoms with Crippen LogP contribution < -0.4 is 0 Å². The molecule has 0 aromatic rings. The van der Waals surface area contributed by atoms with Crippen LogP contribution in [0, 0.1) is 16.2 Å². The van der Waals surface area contributed by atoms with Gasteiger partial charge in [-0.1, -0.05) is 97.3 Å². The van der Waals surface area contributed by atoms with Crippen molar-refractivity contribution in [3.63, 3.8) is 0 Å². The first-order valence-corrected chi connectivity index (χ1v) is 14.6. The van der Waals surface area contributed by atoms with Crippen molar-refractivity contribution in [1.29, 1.82) is 0 Å². The molecule has 0 bridgehead atoms. The largest absolute Gasteiger partial charge is 0.393 e. The normalized spacial score (nSPS) is 29.3. The molecule has 36 heavy (non-hydrogen) atoms. The average Bonchev–Trinajstić information content (AvgIpc) is 2.65. The van der Waals surface area contributed by atoms with Crippen LogP contribution in [0.1, 0.15) is 139 Å². The second-order valence-corrected chi connectivity index (χ2v) is 14.8. The van der Waals surface area contributed by atoms with Gasteiger partial charge in [0.1, 0.15) is 0 Å². The molecule has 0 unspecified atom stereocenters. The average molecular weight is 505 g/mol. The summed E-state index contributed by atoms with van der Waals surface area (Å²) in [4.78, 5) is 0. The van der Waals surface area contributed by atoms with Crippen molar-refractivity contribution in [3.8, 4) is 0 Å². The summed E-state index contributed by atoms with van der Waals surface area (Å²) in [6.07, 6.45) is 19.4. The number of hydrogen-bond donors (Lipinski definition) is 3. The minimum atomic E-state index is -0.0765. The monoisotopic (exact) mass is 504 g/mol. The zero-order chi connectivity index (χ0) is 27.6. The van der Waals surface area contributed by atoms with Crippen LogP contribution in [0.4, 0.5) is 0 Å². The van der Waals surface area contributed by atoms with Gasteiger partial charge in [0.2, 0.25) is 0 Å². The van der Waals surface area contributed by atoms with Crippen molar-refractivity contribution in [2.45, 2.75) is 158 Å². The van der Waals surface area contributed by atoms with Crippen LogP contribution in [-0.2, 0) is 0 Å². The Bertz CT molecular complexity index is 622. The van der Waals surface area contributed by atoms with E-state index in [1.54, 1.807) is 0 Å². The van der Waals surface area contributed by atoms with E-state index in [9.17, 15) is 15.3 Å². The van der Waals surface area contributed by atoms with Crippen molar-refractivity contribution in [1.82, 2.24) is 0 Å². The second kappa shape index (κ2) is 14.9. The van der Waals surface area contributed by atoms with E-state index in [0.29, 0.717) is 0 Å². The maximum Gasteiger partial charge on any atom is 0.0577 e. The van der Waals surface area contributed by atoms with Gasteiger partial charge in [-0.3, -0.25) is 0 Å². The van der Waals surface area contributed by atoms with E-state index in [0.717, 1.165) is 57.8 Å². The molecule has 0 saturated heterocycles. The molecule has 3 N–H and O–H groups in total. The van der Waals surface area contributed by atoms with Gasteiger partial charge in [-0.15, -0.1) is 0 Å². The molecule has 0 heterocycles. The van der Waals surface area contributed by atoms with E-state index in [1.807, 2.05) is 0 Å². The van der Waals surface area contributed by atoms with Gasteiger partial charge in [0.15, 0.2) is 0 Å². The summed E-state index contributed by atoms with van der Waals surface area (Å²) in [6, 6.07) is 0. The molecule has 0 aromatic heterocycles. The molecule has 3 aliphatic carbocycles. The maximum absolute atomic E-state index is 9.44. The predicted molar refractivity (Wildman–Crippen MR) is 156 cm³/mol. The molecule has 0 aromatic carbocycles. The minimum absolute atomic E-state index is 0.0765. The smallest absolute Gasteiger partial charge is 0.0577 e. The molecule has 0 spiro atoms. The van der Waals surface area contributed by atoms with Crippen molar-refractivity contribution in [2.24, 2.45) is 16.2 Å². The first-order chi connectivity index (χ1) is 16.4. The van der Waals surface area contributed by atoms with Gasteiger partial charge < -0.3 is 15.3 Å². The summed E-state index contributed by atoms with van der Waals surface area (Å²) in [5.74, 6) is 0. The van der Waals surface area contributed by atoms with Gasteiger partial charge in [0.05, 0.1) is 18.3 Å². The van der Waals surface area contributed by atoms with Crippen molar-refractivity contribution in [3.05, 3.63) is 34.9 Å². The third kappa shape index (κ3) is 17.5. The summed E-state index contributed by atoms with van der Waals surface area (Å²) in [5.41, 5.74) is 5.15. The Balaban J connectivity index is 0.000000270. The van der Waals surface area contributed by atoms with E-state index in [2.05, 4.69) is 80.5 Å². The topological polar surface area (TPSA) is 60.7 Å². The van der Waals surface area contributed by atoms with Gasteiger partial charge >= 0.3 is 0 Å². The van der Waals surface area contributed by atoms with E-state index in [-0.39, 0.29) is 34.6 Å². The molecule has 3 aliphatic rings. The molecule has 3 fully saturated rings. The lowest BCUT2D eigenvalue weighted by Gasteiger charge is -2.23. The number of allylic oxidation sites excluding steroid dienone is 3. The Labute approximate surface area is 224 Å². The standard InChI is InChI=1S/3C11H20O/c3*1-11(2,3)8-9-5-4-6-10(12)7-9/h3*8,10,12H,4-7H2,1-3H3/b2*9-8+;9-8-/t3*10-/m101/s1. The number of hydrogen-bond acceptors (Lipinski definition) is 3. The summed E-state index contributed by atoms with van der Waals surface area (Å²) in [6.45, 7) is 19.9. The lowest BCUT2D eigenvalue weighted by Crippen LogP contribution is -2.14. The Morgan fingerprint density at radius 2 is 0.694 bits per heavy atom. The van der Waals surface area contributed by atoms with Crippen LogP contribution in [0.2, 0.25) is 0 Å². The zero-order valence-electron chi connectivity index (χ0n) is 25.3. The van der Waals surface area contributed by atoms with Gasteiger partial charge in [-0.25, -0.2) is 0 Å². The fourth-order valence-corrected chi connectivity index (χ4v) is 5.44. The maximum atomic E-state index is 9.44. The fraction of sp³-hybridized carbons (Fsp3) is 0.818. The Hall–Kier alpha value is -0.900. The van der Waals surface area contributed by atoms with Gasteiger partial charge in [0.25, 0.3) is 0 Å². The van der Waals surface area contributed by atoms with Gasteiger partial charge in [0, 0.05) is 0 Å². The molecule has 3 rings (SSSR count). The molecule has 210 valence electrons. The fourth-order valence-electron chi connectivity index (χ4n) is 5.44. The molecule has 3 atom stereocenters. The van der Waals surface area contributed by atoms with Gasteiger partial charge in [-0.2, -0.15) is 0 Å². The van der Waals surface area contributed by atoms with Crippen LogP contribution >= 0.6 is 0 Å². The van der Waals surface area contributed by atoms with Crippen molar-refractivity contribution >= 4 is 0 Å². The Kier molecular flexibility index (Phi) is 13.7.